The van der Waals surface area contributed by atoms with Gasteiger partial charge in [0.2, 0.25) is 0 Å². The van der Waals surface area contributed by atoms with Crippen molar-refractivity contribution in [2.45, 2.75) is 62.9 Å². The highest BCUT2D eigenvalue weighted by Gasteiger charge is 2.16. The molecule has 0 aliphatic carbocycles. The molecule has 0 spiro atoms. The predicted molar refractivity (Wildman–Crippen MR) is 146 cm³/mol. The van der Waals surface area contributed by atoms with Crippen LogP contribution in [-0.4, -0.2) is 98.2 Å². The number of rotatable bonds is 13. The molecule has 0 saturated carbocycles. The van der Waals surface area contributed by atoms with E-state index in [1.165, 1.54) is 6.92 Å². The first-order chi connectivity index (χ1) is 17.6. The van der Waals surface area contributed by atoms with Crippen LogP contribution in [0.4, 0.5) is 0 Å². The Morgan fingerprint density at radius 3 is 1.55 bits per heavy atom. The number of carboxylic acids is 4. The molecule has 220 valence electrons. The minimum absolute atomic E-state index is 0.385. The summed E-state index contributed by atoms with van der Waals surface area (Å²) in [6.07, 6.45) is 3.02. The number of hydrogen-bond acceptors (Lipinski definition) is 11. The van der Waals surface area contributed by atoms with E-state index in [0.717, 1.165) is 11.3 Å². The van der Waals surface area contributed by atoms with Crippen LogP contribution in [0.1, 0.15) is 31.7 Å². The van der Waals surface area contributed by atoms with Crippen molar-refractivity contribution >= 4 is 35.6 Å². The number of benzene rings is 1. The van der Waals surface area contributed by atoms with Crippen LogP contribution in [0.3, 0.4) is 0 Å². The monoisotopic (exact) mass is 565 g/mol. The lowest BCUT2D eigenvalue weighted by Gasteiger charge is -2.06. The fraction of sp³-hybridized carbons (Fsp3) is 0.565. The van der Waals surface area contributed by atoms with Gasteiger partial charge in [0, 0.05) is 0 Å². The first-order valence-electron chi connectivity index (χ1n) is 11.5. The van der Waals surface area contributed by atoms with Crippen molar-refractivity contribution in [2.75, 3.05) is 18.6 Å². The van der Waals surface area contributed by atoms with Gasteiger partial charge in [0.15, 0.2) is 0 Å². The summed E-state index contributed by atoms with van der Waals surface area (Å²) in [6, 6.07) is 5.96. The van der Waals surface area contributed by atoms with Crippen molar-refractivity contribution in [3.8, 4) is 0 Å². The zero-order chi connectivity index (χ0) is 30.3. The summed E-state index contributed by atoms with van der Waals surface area (Å²) in [5, 5.41) is 41.6. The fourth-order valence-corrected chi connectivity index (χ4v) is 2.48. The molecule has 0 amide bonds. The van der Waals surface area contributed by atoms with Crippen molar-refractivity contribution < 1.29 is 44.7 Å². The number of nitrogens with two attached hydrogens (primary N) is 5. The van der Waals surface area contributed by atoms with E-state index >= 15 is 0 Å². The Bertz CT molecular complexity index is 764. The molecule has 0 aromatic heterocycles. The Morgan fingerprint density at radius 1 is 0.789 bits per heavy atom. The lowest BCUT2D eigenvalue weighted by Crippen LogP contribution is -2.39. The van der Waals surface area contributed by atoms with Crippen molar-refractivity contribution in [3.05, 3.63) is 35.9 Å². The summed E-state index contributed by atoms with van der Waals surface area (Å²) in [7, 11) is 0. The third kappa shape index (κ3) is 24.9. The third-order valence-corrected chi connectivity index (χ3v) is 5.05. The quantitative estimate of drug-likeness (QED) is 0.133. The van der Waals surface area contributed by atoms with Crippen LogP contribution in [0.25, 0.3) is 0 Å². The first kappa shape index (κ1) is 39.7. The molecule has 5 unspecified atom stereocenters. The number of thioether (sulfide) groups is 1. The highest BCUT2D eigenvalue weighted by atomic mass is 32.2. The second kappa shape index (κ2) is 24.5. The second-order valence-corrected chi connectivity index (χ2v) is 8.83. The van der Waals surface area contributed by atoms with Crippen LogP contribution in [0, 0.1) is 0 Å². The van der Waals surface area contributed by atoms with Gasteiger partial charge < -0.3 is 54.2 Å². The highest BCUT2D eigenvalue weighted by Crippen LogP contribution is 2.01. The van der Waals surface area contributed by atoms with E-state index in [0.29, 0.717) is 32.2 Å². The topological polar surface area (TPSA) is 300 Å². The molecule has 0 aliphatic heterocycles. The number of carbonyl (C=O) groups is 4. The van der Waals surface area contributed by atoms with Crippen LogP contribution >= 0.6 is 11.8 Å². The fourth-order valence-electron chi connectivity index (χ4n) is 1.99. The smallest absolute Gasteiger partial charge is 0.323 e. The maximum atomic E-state index is 10.4. The van der Waals surface area contributed by atoms with Gasteiger partial charge in [-0.15, -0.1) is 0 Å². The van der Waals surface area contributed by atoms with Crippen molar-refractivity contribution in [3.63, 3.8) is 0 Å². The minimum Gasteiger partial charge on any atom is -0.480 e. The van der Waals surface area contributed by atoms with Crippen LogP contribution in [0.15, 0.2) is 30.3 Å². The van der Waals surface area contributed by atoms with E-state index in [1.807, 2.05) is 36.6 Å². The van der Waals surface area contributed by atoms with Gasteiger partial charge in [-0.3, -0.25) is 19.2 Å². The van der Waals surface area contributed by atoms with E-state index in [2.05, 4.69) is 0 Å². The molecule has 0 aliphatic rings. The van der Waals surface area contributed by atoms with E-state index < -0.39 is 54.1 Å². The average Bonchev–Trinajstić information content (AvgIpc) is 2.86. The average molecular weight is 566 g/mol. The van der Waals surface area contributed by atoms with E-state index in [1.54, 1.807) is 11.8 Å². The number of aliphatic hydroxyl groups excluding tert-OH is 1. The largest absolute Gasteiger partial charge is 0.480 e. The minimum atomic E-state index is -1.18. The Kier molecular flexibility index (Phi) is 25.7. The number of aliphatic hydroxyl groups is 1. The lowest BCUT2D eigenvalue weighted by molar-refractivity contribution is -0.141. The maximum absolute atomic E-state index is 10.4. The zero-order valence-corrected chi connectivity index (χ0v) is 22.5. The normalized spacial score (nSPS) is 13.8. The molecular weight excluding hydrogens is 522 g/mol. The number of hydrogen-bond donors (Lipinski definition) is 10. The van der Waals surface area contributed by atoms with Gasteiger partial charge in [-0.25, -0.2) is 0 Å². The number of aliphatic carboxylic acids is 4. The Balaban J connectivity index is -0.000000436. The Hall–Kier alpha value is -2.79. The summed E-state index contributed by atoms with van der Waals surface area (Å²) in [6.45, 7) is 1.83. The third-order valence-electron chi connectivity index (χ3n) is 4.41. The summed E-state index contributed by atoms with van der Waals surface area (Å²) in [4.78, 5) is 40.3. The van der Waals surface area contributed by atoms with Crippen LogP contribution in [0.5, 0.6) is 0 Å². The van der Waals surface area contributed by atoms with Crippen molar-refractivity contribution in [1.82, 2.24) is 0 Å². The summed E-state index contributed by atoms with van der Waals surface area (Å²) < 4.78 is 0. The molecule has 0 bridgehead atoms. The standard InChI is InChI=1S/C9H11NO2.C5H12N2O2.C5H11NO2S.C4H9NO3/c10-8(9(11)12)6-7-4-2-1-3-5-7;6-3-1-2-4(7)5(8)9;1-9-3-2-4(6)5(7)8;1-2(6)3(5)4(7)8/h1-5,8H,6,10H2,(H,11,12);4H,1-3,6-7H2,(H,8,9);4H,2-3,6H2,1H3,(H,7,8);2-3,6H,5H2,1H3,(H,7,8). The van der Waals surface area contributed by atoms with Gasteiger partial charge in [0.1, 0.15) is 24.2 Å². The molecule has 15 heteroatoms. The predicted octanol–water partition coefficient (Wildman–Crippen LogP) is -1.29. The van der Waals surface area contributed by atoms with E-state index in [9.17, 15) is 19.2 Å². The van der Waals surface area contributed by atoms with Crippen LogP contribution < -0.4 is 28.7 Å². The lowest BCUT2D eigenvalue weighted by atomic mass is 10.1. The number of carboxylic acid groups (broad SMARTS) is 4. The van der Waals surface area contributed by atoms with Crippen molar-refractivity contribution in [2.24, 2.45) is 28.7 Å². The molecule has 38 heavy (non-hydrogen) atoms. The molecule has 0 heterocycles. The summed E-state index contributed by atoms with van der Waals surface area (Å²) in [5.74, 6) is -3.20. The summed E-state index contributed by atoms with van der Waals surface area (Å²) >= 11 is 1.60. The second-order valence-electron chi connectivity index (χ2n) is 7.84. The van der Waals surface area contributed by atoms with Gasteiger partial charge in [0.25, 0.3) is 0 Å². The Morgan fingerprint density at radius 2 is 1.24 bits per heavy atom. The van der Waals surface area contributed by atoms with Gasteiger partial charge in [0.05, 0.1) is 6.10 Å². The molecule has 1 aromatic carbocycles. The Labute approximate surface area is 226 Å². The molecule has 0 radical (unpaired) electrons. The first-order valence-corrected chi connectivity index (χ1v) is 12.9. The molecule has 0 saturated heterocycles. The van der Waals surface area contributed by atoms with Crippen LogP contribution in [-0.2, 0) is 25.6 Å². The molecule has 5 atom stereocenters. The zero-order valence-electron chi connectivity index (χ0n) is 21.7. The van der Waals surface area contributed by atoms with Gasteiger partial charge in [-0.1, -0.05) is 30.3 Å². The molecular formula is C23H43N5O9S. The van der Waals surface area contributed by atoms with Crippen molar-refractivity contribution in [1.29, 1.82) is 0 Å². The maximum Gasteiger partial charge on any atom is 0.323 e. The summed E-state index contributed by atoms with van der Waals surface area (Å²) in [5.41, 5.74) is 26.7. The molecule has 1 aromatic rings. The highest BCUT2D eigenvalue weighted by molar-refractivity contribution is 7.98. The van der Waals surface area contributed by atoms with Crippen LogP contribution in [0.2, 0.25) is 0 Å². The van der Waals surface area contributed by atoms with Gasteiger partial charge in [-0.2, -0.15) is 11.8 Å². The van der Waals surface area contributed by atoms with E-state index in [4.69, 9.17) is 54.2 Å². The molecule has 1 rings (SSSR count). The SMILES string of the molecule is CC(O)C(N)C(=O)O.CSCCC(N)C(=O)O.NC(Cc1ccccc1)C(=O)O.NCCCC(N)C(=O)O. The van der Waals surface area contributed by atoms with E-state index in [-0.39, 0.29) is 0 Å². The molecule has 0 fully saturated rings. The van der Waals surface area contributed by atoms with Gasteiger partial charge >= 0.3 is 23.9 Å². The molecule has 15 N–H and O–H groups in total. The molecule has 14 nitrogen and oxygen atoms in total. The van der Waals surface area contributed by atoms with Gasteiger partial charge in [-0.05, 0) is 56.7 Å².